The Bertz CT molecular complexity index is 1870. The van der Waals surface area contributed by atoms with Gasteiger partial charge >= 0.3 is 12.1 Å². The first kappa shape index (κ1) is 42.0. The predicted octanol–water partition coefficient (Wildman–Crippen LogP) is 5.43. The van der Waals surface area contributed by atoms with E-state index in [0.717, 1.165) is 30.7 Å². The third-order valence-electron chi connectivity index (χ3n) is 8.62. The van der Waals surface area contributed by atoms with Gasteiger partial charge in [0.2, 0.25) is 5.88 Å². The first-order valence-corrected chi connectivity index (χ1v) is 18.3. The summed E-state index contributed by atoms with van der Waals surface area (Å²) in [5, 5.41) is 19.5. The van der Waals surface area contributed by atoms with Gasteiger partial charge in [0.05, 0.1) is 76.5 Å². The molecular formula is C38H46F3N7O8. The number of carboxylic acid groups (broad SMARTS) is 1. The Morgan fingerprint density at radius 2 is 1.68 bits per heavy atom. The van der Waals surface area contributed by atoms with E-state index in [0.29, 0.717) is 113 Å². The topological polar surface area (TPSA) is 172 Å². The van der Waals surface area contributed by atoms with Crippen LogP contribution in [0.3, 0.4) is 0 Å². The highest BCUT2D eigenvalue weighted by Gasteiger charge is 2.31. The summed E-state index contributed by atoms with van der Waals surface area (Å²) in [7, 11) is 0. The van der Waals surface area contributed by atoms with Gasteiger partial charge in [-0.3, -0.25) is 19.3 Å². The van der Waals surface area contributed by atoms with Crippen molar-refractivity contribution in [2.45, 2.75) is 51.9 Å². The highest BCUT2D eigenvalue weighted by Crippen LogP contribution is 2.34. The third kappa shape index (κ3) is 13.2. The van der Waals surface area contributed by atoms with Gasteiger partial charge in [-0.1, -0.05) is 17.7 Å². The molecule has 1 aromatic carbocycles. The Morgan fingerprint density at radius 3 is 2.43 bits per heavy atom. The van der Waals surface area contributed by atoms with Gasteiger partial charge in [-0.05, 0) is 50.1 Å². The van der Waals surface area contributed by atoms with Crippen molar-refractivity contribution in [2.75, 3.05) is 76.2 Å². The molecule has 1 fully saturated rings. The van der Waals surface area contributed by atoms with E-state index >= 15 is 0 Å². The number of aryl methyl sites for hydroxylation is 2. The monoisotopic (exact) mass is 785 g/mol. The van der Waals surface area contributed by atoms with Crippen molar-refractivity contribution in [3.8, 4) is 17.0 Å². The van der Waals surface area contributed by atoms with Crippen LogP contribution in [0.15, 0.2) is 55.0 Å². The third-order valence-corrected chi connectivity index (χ3v) is 8.62. The van der Waals surface area contributed by atoms with Crippen molar-refractivity contribution in [1.82, 2.24) is 25.0 Å². The van der Waals surface area contributed by atoms with Crippen molar-refractivity contribution in [3.63, 3.8) is 0 Å². The summed E-state index contributed by atoms with van der Waals surface area (Å²) >= 11 is 0. The van der Waals surface area contributed by atoms with Crippen LogP contribution in [0.25, 0.3) is 11.1 Å². The van der Waals surface area contributed by atoms with Gasteiger partial charge in [0.25, 0.3) is 5.91 Å². The second kappa shape index (κ2) is 21.2. The fourth-order valence-corrected chi connectivity index (χ4v) is 5.72. The van der Waals surface area contributed by atoms with Crippen molar-refractivity contribution in [2.24, 2.45) is 0 Å². The molecular weight excluding hydrogens is 739 g/mol. The smallest absolute Gasteiger partial charge is 0.416 e. The number of pyridine rings is 2. The minimum Gasteiger partial charge on any atom is -0.481 e. The Morgan fingerprint density at radius 1 is 0.929 bits per heavy atom. The molecule has 0 radical (unpaired) electrons. The summed E-state index contributed by atoms with van der Waals surface area (Å²) in [4.78, 5) is 34.6. The average molecular weight is 786 g/mol. The maximum atomic E-state index is 13.2. The van der Waals surface area contributed by atoms with E-state index in [1.54, 1.807) is 16.9 Å². The lowest BCUT2D eigenvalue weighted by Crippen LogP contribution is -2.36. The minimum atomic E-state index is -4.57. The van der Waals surface area contributed by atoms with Crippen LogP contribution in [-0.2, 0) is 43.1 Å². The van der Waals surface area contributed by atoms with Gasteiger partial charge in [0.1, 0.15) is 18.0 Å². The number of carboxylic acids is 1. The molecule has 1 amide bonds. The number of aliphatic carboxylic acids is 1. The Hall–Kier alpha value is -5.17. The molecule has 4 aromatic rings. The molecule has 1 aliphatic rings. The van der Waals surface area contributed by atoms with E-state index < -0.39 is 23.6 Å². The van der Waals surface area contributed by atoms with Gasteiger partial charge < -0.3 is 39.0 Å². The molecule has 4 heterocycles. The van der Waals surface area contributed by atoms with Gasteiger partial charge in [-0.15, -0.1) is 5.10 Å². The number of nitrogens with one attached hydrogen (secondary N) is 1. The number of anilines is 2. The number of nitrogens with zero attached hydrogens (tertiary/aromatic N) is 6. The summed E-state index contributed by atoms with van der Waals surface area (Å²) < 4.78 is 69.8. The van der Waals surface area contributed by atoms with Crippen LogP contribution >= 0.6 is 0 Å². The van der Waals surface area contributed by atoms with Gasteiger partial charge in [-0.25, -0.2) is 4.98 Å². The first-order valence-electron chi connectivity index (χ1n) is 18.3. The molecule has 15 nitrogen and oxygen atoms in total. The molecule has 18 heteroatoms. The van der Waals surface area contributed by atoms with Gasteiger partial charge in [0, 0.05) is 54.6 Å². The molecule has 1 aliphatic heterocycles. The van der Waals surface area contributed by atoms with E-state index in [1.807, 2.05) is 19.2 Å². The molecule has 0 atom stereocenters. The Kier molecular flexibility index (Phi) is 15.9. The number of carbonyl (C=O) groups excluding carboxylic acids is 1. The molecule has 0 spiro atoms. The number of morpholine rings is 1. The fraction of sp³-hybridized carbons (Fsp3) is 0.474. The summed E-state index contributed by atoms with van der Waals surface area (Å²) in [6, 6.07) is 7.88. The maximum absolute atomic E-state index is 13.2. The fourth-order valence-electron chi connectivity index (χ4n) is 5.72. The van der Waals surface area contributed by atoms with Crippen LogP contribution in [0.1, 0.15) is 53.0 Å². The van der Waals surface area contributed by atoms with E-state index in [4.69, 9.17) is 28.8 Å². The first-order chi connectivity index (χ1) is 27.1. The quantitative estimate of drug-likeness (QED) is 0.0969. The number of hydrogen-bond acceptors (Lipinski definition) is 12. The Labute approximate surface area is 322 Å². The predicted molar refractivity (Wildman–Crippen MR) is 198 cm³/mol. The number of aromatic nitrogens is 5. The van der Waals surface area contributed by atoms with Crippen molar-refractivity contribution in [1.29, 1.82) is 0 Å². The zero-order chi connectivity index (χ0) is 39.8. The molecule has 0 aliphatic carbocycles. The molecule has 0 bridgehead atoms. The number of benzene rings is 1. The van der Waals surface area contributed by atoms with Crippen LogP contribution < -0.4 is 15.0 Å². The van der Waals surface area contributed by atoms with Crippen LogP contribution in [0, 0.1) is 6.92 Å². The maximum Gasteiger partial charge on any atom is 0.416 e. The molecule has 0 saturated carbocycles. The Balaban J connectivity index is 1.05. The summed E-state index contributed by atoms with van der Waals surface area (Å²) in [5.74, 6) is -1.05. The molecule has 302 valence electrons. The molecule has 5 rings (SSSR count). The SMILES string of the molecule is Cc1ncc(NC(=O)c2cccc(C(F)(F)F)c2)cc1-c1cnc(OCCOCCOCCOCc2cn(CCCCCC(=O)O)nn2)c(N2CCOCC2)c1. The number of amides is 1. The lowest BCUT2D eigenvalue weighted by atomic mass is 10.0. The second-order valence-corrected chi connectivity index (χ2v) is 12.8. The number of hydrogen-bond donors (Lipinski definition) is 2. The molecule has 0 unspecified atom stereocenters. The lowest BCUT2D eigenvalue weighted by molar-refractivity contribution is -0.138. The standard InChI is InChI=1S/C38H46F3N7O8/c1-27-33(22-31(24-42-27)44-36(51)28-6-5-7-30(20-28)38(39,40)41)29-21-34(47-10-12-52-13-11-47)37(43-23-29)56-19-18-54-15-14-53-16-17-55-26-32-25-48(46-45-32)9-4-2-3-8-35(49)50/h5-7,20-25H,2-4,8-19,26H2,1H3,(H,44,51)(H,49,50). The zero-order valence-electron chi connectivity index (χ0n) is 31.1. The second-order valence-electron chi connectivity index (χ2n) is 12.8. The summed E-state index contributed by atoms with van der Waals surface area (Å²) in [6.45, 7) is 7.18. The van der Waals surface area contributed by atoms with Gasteiger partial charge in [-0.2, -0.15) is 13.2 Å². The van der Waals surface area contributed by atoms with Crippen molar-refractivity contribution < 1.29 is 51.6 Å². The number of alkyl halides is 3. The molecule has 56 heavy (non-hydrogen) atoms. The highest BCUT2D eigenvalue weighted by atomic mass is 19.4. The van der Waals surface area contributed by atoms with E-state index in [1.165, 1.54) is 18.3 Å². The van der Waals surface area contributed by atoms with Crippen molar-refractivity contribution >= 4 is 23.3 Å². The molecule has 3 aromatic heterocycles. The number of rotatable bonds is 22. The van der Waals surface area contributed by atoms with Gasteiger partial charge in [0.15, 0.2) is 0 Å². The largest absolute Gasteiger partial charge is 0.481 e. The normalized spacial score (nSPS) is 13.2. The zero-order valence-corrected chi connectivity index (χ0v) is 31.1. The summed E-state index contributed by atoms with van der Waals surface area (Å²) in [6.07, 6.45) is 2.82. The number of halogens is 3. The van der Waals surface area contributed by atoms with Crippen LogP contribution in [0.4, 0.5) is 24.5 Å². The highest BCUT2D eigenvalue weighted by molar-refractivity contribution is 6.04. The summed E-state index contributed by atoms with van der Waals surface area (Å²) in [5.41, 5.74) is 2.80. The molecule has 1 saturated heterocycles. The van der Waals surface area contributed by atoms with E-state index in [2.05, 4.69) is 30.5 Å². The van der Waals surface area contributed by atoms with Crippen molar-refractivity contribution in [3.05, 3.63) is 77.5 Å². The number of carbonyl (C=O) groups is 2. The lowest BCUT2D eigenvalue weighted by Gasteiger charge is -2.30. The van der Waals surface area contributed by atoms with Crippen LogP contribution in [0.2, 0.25) is 0 Å². The van der Waals surface area contributed by atoms with E-state index in [9.17, 15) is 22.8 Å². The number of unbranched alkanes of at least 4 members (excludes halogenated alkanes) is 2. The molecule has 2 N–H and O–H groups in total. The van der Waals surface area contributed by atoms with E-state index in [-0.39, 0.29) is 18.6 Å². The van der Waals surface area contributed by atoms with Crippen LogP contribution in [0.5, 0.6) is 5.88 Å². The van der Waals surface area contributed by atoms with Crippen LogP contribution in [-0.4, -0.2) is 108 Å². The minimum absolute atomic E-state index is 0.127. The average Bonchev–Trinajstić information content (AvgIpc) is 3.65. The number of ether oxygens (including phenoxy) is 5.